The molecule has 7 heteroatoms. The molecule has 0 amide bonds. The largest absolute Gasteiger partial charge is 0.506 e. The minimum absolute atomic E-state index is 0.0983. The first kappa shape index (κ1) is 16.2. The van der Waals surface area contributed by atoms with Crippen LogP contribution in [0.25, 0.3) is 5.76 Å². The topological polar surface area (TPSA) is 104 Å². The number of halogens is 1. The molecule has 0 aliphatic heterocycles. The van der Waals surface area contributed by atoms with E-state index in [1.54, 1.807) is 24.3 Å². The summed E-state index contributed by atoms with van der Waals surface area (Å²) in [6.45, 7) is 0. The molecule has 2 aromatic rings. The van der Waals surface area contributed by atoms with Gasteiger partial charge >= 0.3 is 0 Å². The van der Waals surface area contributed by atoms with Crippen molar-refractivity contribution >= 4 is 28.8 Å². The van der Waals surface area contributed by atoms with Gasteiger partial charge in [-0.25, -0.2) is 0 Å². The van der Waals surface area contributed by atoms with Crippen LogP contribution in [0.2, 0.25) is 5.02 Å². The van der Waals surface area contributed by atoms with Gasteiger partial charge in [-0.05, 0) is 12.1 Å². The van der Waals surface area contributed by atoms with Gasteiger partial charge in [0.15, 0.2) is 5.76 Å². The zero-order valence-electron chi connectivity index (χ0n) is 11.6. The van der Waals surface area contributed by atoms with E-state index in [2.05, 4.69) is 0 Å². The summed E-state index contributed by atoms with van der Waals surface area (Å²) in [6, 6.07) is 13.0. The minimum atomic E-state index is -0.760. The average molecular weight is 329 g/mol. The number of ketones is 1. The Morgan fingerprint density at radius 2 is 1.87 bits per heavy atom. The maximum absolute atomic E-state index is 12.3. The average Bonchev–Trinajstić information content (AvgIpc) is 2.55. The number of aliphatic hydroxyl groups is 1. The Balaban J connectivity index is 2.62. The van der Waals surface area contributed by atoms with E-state index in [-0.39, 0.29) is 16.1 Å². The molecule has 23 heavy (non-hydrogen) atoms. The number of nitrogens with zero attached hydrogens (tertiary/aromatic N) is 2. The Hall–Kier alpha value is -3.17. The number of nitro benzene ring substituents is 1. The lowest BCUT2D eigenvalue weighted by Gasteiger charge is -2.06. The summed E-state index contributed by atoms with van der Waals surface area (Å²) in [6.07, 6.45) is 0. The molecule has 0 heterocycles. The number of Topliss-reactive ketones (excluding diaryl/α,β-unsaturated/α-hetero) is 1. The maximum Gasteiger partial charge on any atom is 0.281 e. The fraction of sp³-hybridized carbons (Fsp3) is 0. The van der Waals surface area contributed by atoms with Crippen LogP contribution < -0.4 is 0 Å². The van der Waals surface area contributed by atoms with E-state index in [0.29, 0.717) is 0 Å². The number of aliphatic hydroxyl groups excluding tert-OH is 1. The molecule has 0 saturated carbocycles. The third kappa shape index (κ3) is 3.36. The van der Waals surface area contributed by atoms with E-state index in [1.807, 2.05) is 0 Å². The van der Waals surface area contributed by atoms with E-state index in [4.69, 9.17) is 11.6 Å². The number of nitro groups is 1. The maximum atomic E-state index is 12.3. The predicted octanol–water partition coefficient (Wildman–Crippen LogP) is 3.92. The van der Waals surface area contributed by atoms with Gasteiger partial charge in [0.25, 0.3) is 5.69 Å². The smallest absolute Gasteiger partial charge is 0.281 e. The van der Waals surface area contributed by atoms with Crippen molar-refractivity contribution in [3.63, 3.8) is 0 Å². The first-order valence-corrected chi connectivity index (χ1v) is 6.71. The molecule has 0 radical (unpaired) electrons. The molecule has 6 nitrogen and oxygen atoms in total. The molecule has 2 rings (SSSR count). The molecule has 0 bridgehead atoms. The number of nitriles is 1. The predicted molar refractivity (Wildman–Crippen MR) is 84.0 cm³/mol. The summed E-state index contributed by atoms with van der Waals surface area (Å²) in [5.74, 6) is -1.49. The van der Waals surface area contributed by atoms with Gasteiger partial charge < -0.3 is 5.11 Å². The van der Waals surface area contributed by atoms with Crippen molar-refractivity contribution in [2.24, 2.45) is 0 Å². The standard InChI is InChI=1S/C16H9ClN2O4/c17-11-6-7-12(14(8-11)19(22)23)16(21)13(9-18)15(20)10-4-2-1-3-5-10/h1-8,21H/b16-13+. The normalized spacial score (nSPS) is 11.3. The number of hydrogen-bond acceptors (Lipinski definition) is 5. The van der Waals surface area contributed by atoms with Gasteiger partial charge in [-0.1, -0.05) is 41.9 Å². The van der Waals surface area contributed by atoms with Crippen molar-refractivity contribution < 1.29 is 14.8 Å². The highest BCUT2D eigenvalue weighted by Crippen LogP contribution is 2.30. The number of allylic oxidation sites excluding steroid dienone is 1. The molecule has 0 unspecified atom stereocenters. The Labute approximate surface area is 136 Å². The lowest BCUT2D eigenvalue weighted by atomic mass is 9.99. The molecule has 114 valence electrons. The van der Waals surface area contributed by atoms with Gasteiger partial charge in [0.1, 0.15) is 11.6 Å². The monoisotopic (exact) mass is 328 g/mol. The van der Waals surface area contributed by atoms with Crippen molar-refractivity contribution in [3.05, 3.63) is 80.4 Å². The molecular weight excluding hydrogens is 320 g/mol. The quantitative estimate of drug-likeness (QED) is 0.229. The first-order chi connectivity index (χ1) is 11.0. The number of carbonyl (C=O) groups excluding carboxylic acids is 1. The van der Waals surface area contributed by atoms with Crippen LogP contribution in [0.3, 0.4) is 0 Å². The van der Waals surface area contributed by atoms with Gasteiger partial charge in [-0.3, -0.25) is 14.9 Å². The van der Waals surface area contributed by atoms with Crippen LogP contribution in [0.5, 0.6) is 0 Å². The van der Waals surface area contributed by atoms with E-state index in [9.17, 15) is 25.3 Å². The molecule has 0 aromatic heterocycles. The zero-order valence-corrected chi connectivity index (χ0v) is 12.3. The summed E-state index contributed by atoms with van der Waals surface area (Å²) in [4.78, 5) is 22.6. The second kappa shape index (κ2) is 6.73. The summed E-state index contributed by atoms with van der Waals surface area (Å²) >= 11 is 5.70. The van der Waals surface area contributed by atoms with Crippen LogP contribution in [0.15, 0.2) is 54.1 Å². The Bertz CT molecular complexity index is 854. The number of hydrogen-bond donors (Lipinski definition) is 1. The van der Waals surface area contributed by atoms with Crippen LogP contribution in [0.4, 0.5) is 5.69 Å². The molecule has 0 aliphatic rings. The van der Waals surface area contributed by atoms with E-state index in [1.165, 1.54) is 24.3 Å². The first-order valence-electron chi connectivity index (χ1n) is 6.33. The lowest BCUT2D eigenvalue weighted by Crippen LogP contribution is -2.06. The fourth-order valence-electron chi connectivity index (χ4n) is 1.94. The van der Waals surface area contributed by atoms with E-state index >= 15 is 0 Å². The molecule has 2 aromatic carbocycles. The summed E-state index contributed by atoms with van der Waals surface area (Å²) in [7, 11) is 0. The van der Waals surface area contributed by atoms with E-state index < -0.39 is 27.7 Å². The van der Waals surface area contributed by atoms with Crippen molar-refractivity contribution in [2.75, 3.05) is 0 Å². The highest BCUT2D eigenvalue weighted by atomic mass is 35.5. The third-order valence-corrected chi connectivity index (χ3v) is 3.26. The second-order valence-corrected chi connectivity index (χ2v) is 4.89. The van der Waals surface area contributed by atoms with Gasteiger partial charge in [0.05, 0.1) is 10.5 Å². The van der Waals surface area contributed by atoms with E-state index in [0.717, 1.165) is 6.07 Å². The van der Waals surface area contributed by atoms with Crippen molar-refractivity contribution in [2.45, 2.75) is 0 Å². The highest BCUT2D eigenvalue weighted by Gasteiger charge is 2.24. The number of benzene rings is 2. The number of rotatable bonds is 4. The van der Waals surface area contributed by atoms with Crippen LogP contribution >= 0.6 is 11.6 Å². The SMILES string of the molecule is N#C/C(C(=O)c1ccccc1)=C(\O)c1ccc(Cl)cc1[N+](=O)[O-]. The lowest BCUT2D eigenvalue weighted by molar-refractivity contribution is -0.385. The molecule has 1 N–H and O–H groups in total. The van der Waals surface area contributed by atoms with Crippen LogP contribution in [-0.4, -0.2) is 15.8 Å². The van der Waals surface area contributed by atoms with Crippen LogP contribution in [0.1, 0.15) is 15.9 Å². The molecular formula is C16H9ClN2O4. The summed E-state index contributed by atoms with van der Waals surface area (Å²) < 4.78 is 0. The van der Waals surface area contributed by atoms with Crippen molar-refractivity contribution in [1.82, 2.24) is 0 Å². The highest BCUT2D eigenvalue weighted by molar-refractivity contribution is 6.30. The molecule has 0 saturated heterocycles. The zero-order chi connectivity index (χ0) is 17.0. The van der Waals surface area contributed by atoms with Crippen LogP contribution in [0, 0.1) is 21.4 Å². The molecule has 0 spiro atoms. The molecule has 0 aliphatic carbocycles. The summed E-state index contributed by atoms with van der Waals surface area (Å²) in [5, 5.41) is 30.6. The van der Waals surface area contributed by atoms with Gasteiger partial charge in [-0.15, -0.1) is 0 Å². The van der Waals surface area contributed by atoms with Gasteiger partial charge in [0.2, 0.25) is 5.78 Å². The summed E-state index contributed by atoms with van der Waals surface area (Å²) in [5.41, 5.74) is -1.14. The molecule has 0 atom stereocenters. The fourth-order valence-corrected chi connectivity index (χ4v) is 2.10. The van der Waals surface area contributed by atoms with Gasteiger partial charge in [-0.2, -0.15) is 5.26 Å². The Kier molecular flexibility index (Phi) is 4.74. The Morgan fingerprint density at radius 1 is 1.22 bits per heavy atom. The van der Waals surface area contributed by atoms with Crippen LogP contribution in [-0.2, 0) is 0 Å². The second-order valence-electron chi connectivity index (χ2n) is 4.45. The third-order valence-electron chi connectivity index (χ3n) is 3.02. The van der Waals surface area contributed by atoms with Gasteiger partial charge in [0, 0.05) is 16.7 Å². The Morgan fingerprint density at radius 3 is 2.43 bits per heavy atom. The van der Waals surface area contributed by atoms with Crippen molar-refractivity contribution in [3.8, 4) is 6.07 Å². The number of carbonyl (C=O) groups is 1. The minimum Gasteiger partial charge on any atom is -0.506 e. The molecule has 0 fully saturated rings. The van der Waals surface area contributed by atoms with Crippen molar-refractivity contribution in [1.29, 1.82) is 5.26 Å².